The van der Waals surface area contributed by atoms with Crippen LogP contribution in [-0.4, -0.2) is 76.4 Å². The van der Waals surface area contributed by atoms with Crippen molar-refractivity contribution in [2.75, 3.05) is 77.3 Å². The van der Waals surface area contributed by atoms with Gasteiger partial charge in [0.2, 0.25) is 0 Å². The lowest BCUT2D eigenvalue weighted by Gasteiger charge is -2.36. The summed E-state index contributed by atoms with van der Waals surface area (Å²) in [5, 5.41) is 0. The van der Waals surface area contributed by atoms with Crippen LogP contribution in [0.3, 0.4) is 0 Å². The maximum absolute atomic E-state index is 2.62. The molecular formula is C46H64Br2N4. The zero-order valence-electron chi connectivity index (χ0n) is 32.8. The van der Waals surface area contributed by atoms with E-state index in [9.17, 15) is 0 Å². The van der Waals surface area contributed by atoms with Gasteiger partial charge in [-0.25, -0.2) is 0 Å². The van der Waals surface area contributed by atoms with Crippen LogP contribution < -0.4 is 43.8 Å². The van der Waals surface area contributed by atoms with E-state index in [-0.39, 0.29) is 34.0 Å². The lowest BCUT2D eigenvalue weighted by molar-refractivity contribution is -0.894. The summed E-state index contributed by atoms with van der Waals surface area (Å²) in [5.41, 5.74) is 11.5. The summed E-state index contributed by atoms with van der Waals surface area (Å²) in [6.45, 7) is 12.0. The van der Waals surface area contributed by atoms with E-state index in [1.807, 2.05) is 0 Å². The van der Waals surface area contributed by atoms with Gasteiger partial charge in [0.05, 0.1) is 54.4 Å². The summed E-state index contributed by atoms with van der Waals surface area (Å²) < 4.78 is 2.19. The molecule has 0 saturated heterocycles. The third-order valence-electron chi connectivity index (χ3n) is 11.3. The predicted molar refractivity (Wildman–Crippen MR) is 215 cm³/mol. The first-order valence-corrected chi connectivity index (χ1v) is 19.6. The van der Waals surface area contributed by atoms with Crippen molar-refractivity contribution < 1.29 is 42.9 Å². The largest absolute Gasteiger partial charge is 1.00 e. The maximum Gasteiger partial charge on any atom is 0.0825 e. The van der Waals surface area contributed by atoms with Gasteiger partial charge in [0.15, 0.2) is 0 Å². The van der Waals surface area contributed by atoms with Crippen LogP contribution in [-0.2, 0) is 25.7 Å². The standard InChI is InChI=1S/C46H64N4.2BrH/c1-37(33-47-43-23-13-9-19-39(43)27-28-40-20-10-14-24-44(40)47)35-49(3,4)31-17-7-8-18-32-50(5,6)36-38(2)34-48-45-25-15-11-21-41(45)29-30-42-22-12-16-26-46(42)48;;/h9-16,19-26,37-38H,7-8,17-18,27-36H2,1-6H3;2*1H/q+2;;/p-2. The summed E-state index contributed by atoms with van der Waals surface area (Å²) in [7, 11) is 9.79. The second kappa shape index (κ2) is 19.1. The molecule has 0 amide bonds. The first-order chi connectivity index (χ1) is 24.1. The maximum atomic E-state index is 2.62. The van der Waals surface area contributed by atoms with Crippen molar-refractivity contribution >= 4 is 22.7 Å². The van der Waals surface area contributed by atoms with Crippen molar-refractivity contribution in [3.8, 4) is 0 Å². The molecule has 2 atom stereocenters. The summed E-state index contributed by atoms with van der Waals surface area (Å²) >= 11 is 0. The quantitative estimate of drug-likeness (QED) is 0.133. The number of nitrogens with zero attached hydrogens (tertiary/aromatic N) is 4. The van der Waals surface area contributed by atoms with Crippen LogP contribution in [0.1, 0.15) is 61.8 Å². The number of rotatable bonds is 15. The summed E-state index contributed by atoms with van der Waals surface area (Å²) in [5.74, 6) is 1.20. The molecule has 4 nitrogen and oxygen atoms in total. The van der Waals surface area contributed by atoms with Gasteiger partial charge in [-0.15, -0.1) is 0 Å². The molecule has 6 heteroatoms. The Morgan fingerprint density at radius 3 is 1.00 bits per heavy atom. The molecule has 2 aliphatic heterocycles. The highest BCUT2D eigenvalue weighted by Crippen LogP contribution is 2.38. The molecule has 0 saturated carbocycles. The molecule has 2 heterocycles. The van der Waals surface area contributed by atoms with Crippen LogP contribution >= 0.6 is 0 Å². The minimum Gasteiger partial charge on any atom is -1.00 e. The molecule has 4 aromatic rings. The van der Waals surface area contributed by atoms with Crippen molar-refractivity contribution in [2.45, 2.75) is 65.2 Å². The van der Waals surface area contributed by atoms with Crippen molar-refractivity contribution in [3.05, 3.63) is 119 Å². The van der Waals surface area contributed by atoms with Crippen LogP contribution in [0.25, 0.3) is 0 Å². The minimum atomic E-state index is 0. The summed E-state index contributed by atoms with van der Waals surface area (Å²) in [6, 6.07) is 36.3. The van der Waals surface area contributed by atoms with Crippen molar-refractivity contribution in [3.63, 3.8) is 0 Å². The monoisotopic (exact) mass is 830 g/mol. The van der Waals surface area contributed by atoms with Gasteiger partial charge in [0.25, 0.3) is 0 Å². The van der Waals surface area contributed by atoms with E-state index >= 15 is 0 Å². The van der Waals surface area contributed by atoms with E-state index in [0.717, 1.165) is 47.7 Å². The molecule has 52 heavy (non-hydrogen) atoms. The van der Waals surface area contributed by atoms with E-state index in [1.54, 1.807) is 0 Å². The van der Waals surface area contributed by atoms with Crippen LogP contribution in [0.5, 0.6) is 0 Å². The Labute approximate surface area is 337 Å². The predicted octanol–water partition coefficient (Wildman–Crippen LogP) is 3.85. The topological polar surface area (TPSA) is 6.48 Å². The first-order valence-electron chi connectivity index (χ1n) is 19.6. The minimum absolute atomic E-state index is 0. The molecule has 0 spiro atoms. The third-order valence-corrected chi connectivity index (χ3v) is 11.3. The molecular weight excluding hydrogens is 768 g/mol. The van der Waals surface area contributed by atoms with Gasteiger partial charge in [-0.3, -0.25) is 0 Å². The molecule has 6 rings (SSSR count). The Hall–Kier alpha value is -2.64. The fourth-order valence-corrected chi connectivity index (χ4v) is 9.18. The first kappa shape index (κ1) is 42.1. The fourth-order valence-electron chi connectivity index (χ4n) is 9.18. The molecule has 2 unspecified atom stereocenters. The highest BCUT2D eigenvalue weighted by molar-refractivity contribution is 5.72. The van der Waals surface area contributed by atoms with Crippen LogP contribution in [0.4, 0.5) is 22.7 Å². The lowest BCUT2D eigenvalue weighted by Crippen LogP contribution is -3.00. The number of anilines is 4. The van der Waals surface area contributed by atoms with Crippen molar-refractivity contribution in [1.82, 2.24) is 0 Å². The number of aryl methyl sites for hydroxylation is 4. The van der Waals surface area contributed by atoms with E-state index < -0.39 is 0 Å². The number of unbranched alkanes of at least 4 members (excludes halogenated alkanes) is 3. The van der Waals surface area contributed by atoms with Gasteiger partial charge >= 0.3 is 0 Å². The zero-order chi connectivity index (χ0) is 35.1. The fraction of sp³-hybridized carbons (Fsp3) is 0.478. The van der Waals surface area contributed by atoms with Gasteiger partial charge in [-0.2, -0.15) is 0 Å². The number of para-hydroxylation sites is 4. The van der Waals surface area contributed by atoms with E-state index in [4.69, 9.17) is 0 Å². The average molecular weight is 833 g/mol. The van der Waals surface area contributed by atoms with Gasteiger partial charge in [0, 0.05) is 47.7 Å². The number of halogens is 2. The molecule has 0 aromatic heterocycles. The highest BCUT2D eigenvalue weighted by Gasteiger charge is 2.27. The number of hydrogen-bond acceptors (Lipinski definition) is 2. The van der Waals surface area contributed by atoms with E-state index in [2.05, 4.69) is 149 Å². The van der Waals surface area contributed by atoms with Crippen LogP contribution in [0.15, 0.2) is 97.1 Å². The van der Waals surface area contributed by atoms with Crippen LogP contribution in [0.2, 0.25) is 0 Å². The van der Waals surface area contributed by atoms with Crippen molar-refractivity contribution in [1.29, 1.82) is 0 Å². The smallest absolute Gasteiger partial charge is 0.0825 e. The van der Waals surface area contributed by atoms with Gasteiger partial charge in [-0.1, -0.05) is 86.6 Å². The lowest BCUT2D eigenvalue weighted by atomic mass is 10.0. The van der Waals surface area contributed by atoms with Gasteiger partial charge in [-0.05, 0) is 97.9 Å². The SMILES string of the molecule is CC(CN1c2ccccc2CCc2ccccc21)C[N+](C)(C)CCCCCC[N+](C)(C)CC(C)CN1c2ccccc2CCc2ccccc21.[Br-].[Br-]. The zero-order valence-corrected chi connectivity index (χ0v) is 36.0. The Balaban J connectivity index is 0.00000302. The number of benzene rings is 4. The van der Waals surface area contributed by atoms with E-state index in [0.29, 0.717) is 11.8 Å². The molecule has 282 valence electrons. The van der Waals surface area contributed by atoms with Gasteiger partial charge < -0.3 is 52.7 Å². The number of quaternary nitrogens is 2. The Morgan fingerprint density at radius 2 is 0.712 bits per heavy atom. The Kier molecular flexibility index (Phi) is 15.5. The molecule has 0 N–H and O–H groups in total. The van der Waals surface area contributed by atoms with Crippen LogP contribution in [0, 0.1) is 11.8 Å². The number of fused-ring (bicyclic) bond motifs is 4. The molecule has 0 fully saturated rings. The summed E-state index contributed by atoms with van der Waals surface area (Å²) in [4.78, 5) is 5.24. The number of hydrogen-bond donors (Lipinski definition) is 0. The molecule has 4 aromatic carbocycles. The second-order valence-corrected chi connectivity index (χ2v) is 17.0. The average Bonchev–Trinajstić information content (AvgIpc) is 3.34. The highest BCUT2D eigenvalue weighted by atomic mass is 79.9. The van der Waals surface area contributed by atoms with Crippen molar-refractivity contribution in [2.24, 2.45) is 11.8 Å². The second-order valence-electron chi connectivity index (χ2n) is 17.0. The molecule has 0 bridgehead atoms. The third kappa shape index (κ3) is 11.0. The normalized spacial score (nSPS) is 15.0. The molecule has 0 radical (unpaired) electrons. The Bertz CT molecular complexity index is 1480. The molecule has 2 aliphatic rings. The Morgan fingerprint density at radius 1 is 0.442 bits per heavy atom. The molecule has 0 aliphatic carbocycles. The van der Waals surface area contributed by atoms with E-state index in [1.165, 1.54) is 96.9 Å². The summed E-state index contributed by atoms with van der Waals surface area (Å²) in [6.07, 6.45) is 9.78. The van der Waals surface area contributed by atoms with Gasteiger partial charge in [0.1, 0.15) is 0 Å².